The number of nitrogens with zero attached hydrogens (tertiary/aromatic N) is 2. The van der Waals surface area contributed by atoms with E-state index in [0.29, 0.717) is 0 Å². The van der Waals surface area contributed by atoms with Crippen LogP contribution in [0.25, 0.3) is 11.3 Å². The number of imidazole rings is 1. The van der Waals surface area contributed by atoms with Crippen LogP contribution in [-0.2, 0) is 0 Å². The van der Waals surface area contributed by atoms with Crippen molar-refractivity contribution in [1.82, 2.24) is 9.55 Å². The number of fused-ring (bicyclic) bond motifs is 3. The number of benzene rings is 1. The molecule has 1 aromatic heterocycles. The van der Waals surface area contributed by atoms with Crippen LogP contribution in [0.1, 0.15) is 24.4 Å². The van der Waals surface area contributed by atoms with Gasteiger partial charge in [0, 0.05) is 11.5 Å². The average molecular weight is 244 g/mol. The minimum absolute atomic E-state index is 0.113. The van der Waals surface area contributed by atoms with Crippen LogP contribution in [0, 0.1) is 11.7 Å². The Morgan fingerprint density at radius 2 is 2.22 bits per heavy atom. The van der Waals surface area contributed by atoms with Crippen LogP contribution in [0.2, 0.25) is 0 Å². The minimum atomic E-state index is -0.249. The molecule has 0 unspecified atom stereocenters. The molecule has 1 aromatic carbocycles. The normalized spacial score (nSPS) is 28.7. The smallest absolute Gasteiger partial charge is 0.123 e. The van der Waals surface area contributed by atoms with Crippen LogP contribution in [0.15, 0.2) is 30.7 Å². The zero-order chi connectivity index (χ0) is 12.3. The topological polar surface area (TPSA) is 38.1 Å². The fraction of sp³-hybridized carbons (Fsp3) is 0.357. The Hall–Kier alpha value is -1.68. The van der Waals surface area contributed by atoms with E-state index in [4.69, 9.17) is 0 Å². The van der Waals surface area contributed by atoms with Gasteiger partial charge in [0.15, 0.2) is 0 Å². The van der Waals surface area contributed by atoms with Crippen LogP contribution in [-0.4, -0.2) is 20.8 Å². The van der Waals surface area contributed by atoms with E-state index in [0.717, 1.165) is 29.7 Å². The van der Waals surface area contributed by atoms with Crippen molar-refractivity contribution < 1.29 is 9.50 Å². The molecule has 1 N–H and O–H groups in total. The average Bonchev–Trinajstić information content (AvgIpc) is 2.91. The lowest BCUT2D eigenvalue weighted by Gasteiger charge is -2.38. The minimum Gasteiger partial charge on any atom is -0.393 e. The van der Waals surface area contributed by atoms with Gasteiger partial charge in [-0.3, -0.25) is 0 Å². The molecular weight excluding hydrogens is 231 g/mol. The molecule has 1 aliphatic heterocycles. The molecule has 3 atom stereocenters. The standard InChI is InChI=1S/C14H13FN2O/c15-8-1-2-9-11(5-8)12-6-16-7-17(12)14(9)10-3-4-13(10)18/h1-2,5-7,10,13-14,18H,3-4H2/t10-,13-,14+/m1/s1. The van der Waals surface area contributed by atoms with Gasteiger partial charge in [-0.25, -0.2) is 9.37 Å². The molecule has 0 bridgehead atoms. The summed E-state index contributed by atoms with van der Waals surface area (Å²) in [7, 11) is 0. The van der Waals surface area contributed by atoms with Gasteiger partial charge in [-0.1, -0.05) is 6.07 Å². The van der Waals surface area contributed by atoms with Gasteiger partial charge in [-0.2, -0.15) is 0 Å². The number of rotatable bonds is 1. The highest BCUT2D eigenvalue weighted by atomic mass is 19.1. The Morgan fingerprint density at radius 1 is 1.33 bits per heavy atom. The molecule has 2 heterocycles. The fourth-order valence-corrected chi connectivity index (χ4v) is 3.21. The maximum absolute atomic E-state index is 13.4. The SMILES string of the molecule is O[C@@H]1CC[C@H]1[C@@H]1c2ccc(F)cc2-c2cncn21. The summed E-state index contributed by atoms with van der Waals surface area (Å²) in [6.07, 6.45) is 5.18. The summed E-state index contributed by atoms with van der Waals surface area (Å²) in [4.78, 5) is 4.15. The first-order valence-electron chi connectivity index (χ1n) is 6.25. The van der Waals surface area contributed by atoms with Crippen molar-refractivity contribution in [2.45, 2.75) is 25.0 Å². The zero-order valence-corrected chi connectivity index (χ0v) is 9.75. The number of hydrogen-bond donors (Lipinski definition) is 1. The van der Waals surface area contributed by atoms with Crippen LogP contribution in [0.4, 0.5) is 4.39 Å². The monoisotopic (exact) mass is 244 g/mol. The van der Waals surface area contributed by atoms with Crippen molar-refractivity contribution in [3.8, 4) is 11.3 Å². The number of aliphatic hydroxyl groups excluding tert-OH is 1. The molecule has 2 aliphatic rings. The lowest BCUT2D eigenvalue weighted by atomic mass is 9.74. The molecule has 0 saturated heterocycles. The predicted octanol–water partition coefficient (Wildman–Crippen LogP) is 2.36. The summed E-state index contributed by atoms with van der Waals surface area (Å²) < 4.78 is 15.5. The first-order valence-corrected chi connectivity index (χ1v) is 6.25. The molecule has 0 radical (unpaired) electrons. The second-order valence-electron chi connectivity index (χ2n) is 5.17. The van der Waals surface area contributed by atoms with Crippen LogP contribution >= 0.6 is 0 Å². The van der Waals surface area contributed by atoms with Gasteiger partial charge in [-0.15, -0.1) is 0 Å². The van der Waals surface area contributed by atoms with Crippen molar-refractivity contribution in [3.05, 3.63) is 42.1 Å². The molecule has 1 saturated carbocycles. The molecule has 1 fully saturated rings. The molecular formula is C14H13FN2O. The highest BCUT2D eigenvalue weighted by molar-refractivity contribution is 5.69. The van der Waals surface area contributed by atoms with Gasteiger partial charge in [0.2, 0.25) is 0 Å². The molecule has 3 nitrogen and oxygen atoms in total. The van der Waals surface area contributed by atoms with Gasteiger partial charge in [0.25, 0.3) is 0 Å². The number of halogens is 1. The van der Waals surface area contributed by atoms with E-state index in [2.05, 4.69) is 9.55 Å². The third-order valence-electron chi connectivity index (χ3n) is 4.27. The first-order chi connectivity index (χ1) is 8.75. The maximum Gasteiger partial charge on any atom is 0.123 e. The Labute approximate surface area is 104 Å². The number of aliphatic hydroxyl groups is 1. The van der Waals surface area contributed by atoms with E-state index >= 15 is 0 Å². The van der Waals surface area contributed by atoms with Crippen LogP contribution in [0.5, 0.6) is 0 Å². The van der Waals surface area contributed by atoms with Gasteiger partial charge >= 0.3 is 0 Å². The first kappa shape index (κ1) is 10.3. The summed E-state index contributed by atoms with van der Waals surface area (Å²) >= 11 is 0. The van der Waals surface area contributed by atoms with Crippen molar-refractivity contribution in [2.24, 2.45) is 5.92 Å². The second-order valence-corrected chi connectivity index (χ2v) is 5.17. The highest BCUT2D eigenvalue weighted by Crippen LogP contribution is 2.48. The third kappa shape index (κ3) is 1.18. The molecule has 4 heteroatoms. The number of hydrogen-bond acceptors (Lipinski definition) is 2. The van der Waals surface area contributed by atoms with Crippen molar-refractivity contribution in [1.29, 1.82) is 0 Å². The quantitative estimate of drug-likeness (QED) is 0.836. The lowest BCUT2D eigenvalue weighted by molar-refractivity contribution is 0.00415. The van der Waals surface area contributed by atoms with Crippen molar-refractivity contribution in [2.75, 3.05) is 0 Å². The number of aromatic nitrogens is 2. The zero-order valence-electron chi connectivity index (χ0n) is 9.75. The molecule has 18 heavy (non-hydrogen) atoms. The van der Waals surface area contributed by atoms with Crippen LogP contribution < -0.4 is 0 Å². The van der Waals surface area contributed by atoms with Gasteiger partial charge < -0.3 is 9.67 Å². The summed E-state index contributed by atoms with van der Waals surface area (Å²) in [5.41, 5.74) is 2.97. The highest BCUT2D eigenvalue weighted by Gasteiger charge is 2.42. The van der Waals surface area contributed by atoms with Gasteiger partial charge in [0.05, 0.1) is 30.4 Å². The molecule has 4 rings (SSSR count). The Balaban J connectivity index is 1.91. The Kier molecular flexibility index (Phi) is 1.95. The van der Waals surface area contributed by atoms with Gasteiger partial charge in [-0.05, 0) is 30.5 Å². The van der Waals surface area contributed by atoms with Crippen LogP contribution in [0.3, 0.4) is 0 Å². The molecule has 2 aromatic rings. The van der Waals surface area contributed by atoms with Crippen molar-refractivity contribution in [3.63, 3.8) is 0 Å². The Bertz CT molecular complexity index is 622. The molecule has 0 amide bonds. The van der Waals surface area contributed by atoms with E-state index in [9.17, 15) is 9.50 Å². The molecule has 1 aliphatic carbocycles. The van der Waals surface area contributed by atoms with Gasteiger partial charge in [0.1, 0.15) is 5.82 Å². The third-order valence-corrected chi connectivity index (χ3v) is 4.27. The largest absolute Gasteiger partial charge is 0.393 e. The van der Waals surface area contributed by atoms with E-state index in [1.807, 2.05) is 6.07 Å². The summed E-state index contributed by atoms with van der Waals surface area (Å²) in [5.74, 6) is 0.000897. The Morgan fingerprint density at radius 3 is 2.94 bits per heavy atom. The van der Waals surface area contributed by atoms with E-state index in [-0.39, 0.29) is 23.9 Å². The van der Waals surface area contributed by atoms with E-state index in [1.165, 1.54) is 6.07 Å². The summed E-state index contributed by atoms with van der Waals surface area (Å²) in [5, 5.41) is 9.90. The molecule has 0 spiro atoms. The summed E-state index contributed by atoms with van der Waals surface area (Å²) in [6, 6.07) is 5.01. The van der Waals surface area contributed by atoms with E-state index < -0.39 is 0 Å². The summed E-state index contributed by atoms with van der Waals surface area (Å²) in [6.45, 7) is 0. The van der Waals surface area contributed by atoms with E-state index in [1.54, 1.807) is 18.6 Å². The van der Waals surface area contributed by atoms with Crippen molar-refractivity contribution >= 4 is 0 Å². The fourth-order valence-electron chi connectivity index (χ4n) is 3.21. The molecule has 92 valence electrons. The second kappa shape index (κ2) is 3.42. The lowest BCUT2D eigenvalue weighted by Crippen LogP contribution is -2.37. The predicted molar refractivity (Wildman–Crippen MR) is 64.5 cm³/mol. The maximum atomic E-state index is 13.4.